The van der Waals surface area contributed by atoms with Crippen molar-refractivity contribution in [1.29, 1.82) is 0 Å². The van der Waals surface area contributed by atoms with E-state index in [0.29, 0.717) is 6.04 Å². The Morgan fingerprint density at radius 1 is 1.20 bits per heavy atom. The van der Waals surface area contributed by atoms with Gasteiger partial charge in [-0.25, -0.2) is 0 Å². The Bertz CT molecular complexity index is 476. The highest BCUT2D eigenvalue weighted by Gasteiger charge is 2.05. The van der Waals surface area contributed by atoms with E-state index in [1.807, 2.05) is 24.3 Å². The molecule has 0 fully saturated rings. The van der Waals surface area contributed by atoms with Crippen LogP contribution in [0.5, 0.6) is 5.75 Å². The first-order chi connectivity index (χ1) is 9.79. The monoisotopic (exact) mass is 273 g/mol. The molecule has 0 saturated heterocycles. The lowest BCUT2D eigenvalue weighted by atomic mass is 10.1. The molecule has 1 aromatic heterocycles. The van der Waals surface area contributed by atoms with Crippen LogP contribution in [0.2, 0.25) is 0 Å². The molecule has 2 aromatic rings. The van der Waals surface area contributed by atoms with Crippen LogP contribution in [-0.4, -0.2) is 13.2 Å². The van der Waals surface area contributed by atoms with Gasteiger partial charge in [0, 0.05) is 19.0 Å². The zero-order valence-corrected chi connectivity index (χ0v) is 12.3. The van der Waals surface area contributed by atoms with Crippen LogP contribution in [0.3, 0.4) is 0 Å². The van der Waals surface area contributed by atoms with Crippen molar-refractivity contribution >= 4 is 0 Å². The normalized spacial score (nSPS) is 12.3. The van der Waals surface area contributed by atoms with Gasteiger partial charge in [0.2, 0.25) is 0 Å². The molecular weight excluding hydrogens is 250 g/mol. The molecule has 108 valence electrons. The third-order valence-corrected chi connectivity index (χ3v) is 3.25. The van der Waals surface area contributed by atoms with Crippen molar-refractivity contribution in [3.05, 3.63) is 54.0 Å². The van der Waals surface area contributed by atoms with Gasteiger partial charge in [-0.15, -0.1) is 0 Å². The van der Waals surface area contributed by atoms with Gasteiger partial charge in [-0.3, -0.25) is 0 Å². The summed E-state index contributed by atoms with van der Waals surface area (Å²) in [5.41, 5.74) is 1.27. The number of ether oxygens (including phenoxy) is 1. The highest BCUT2D eigenvalue weighted by molar-refractivity contribution is 5.28. The van der Waals surface area contributed by atoms with Gasteiger partial charge in [0.15, 0.2) is 0 Å². The number of hydrogen-bond acceptors (Lipinski definition) is 3. The molecule has 1 N–H and O–H groups in total. The topological polar surface area (TPSA) is 34.4 Å². The van der Waals surface area contributed by atoms with Crippen LogP contribution in [-0.2, 0) is 6.42 Å². The van der Waals surface area contributed by atoms with Crippen molar-refractivity contribution < 1.29 is 9.15 Å². The van der Waals surface area contributed by atoms with Crippen LogP contribution in [0.25, 0.3) is 0 Å². The van der Waals surface area contributed by atoms with Crippen LogP contribution in [0, 0.1) is 0 Å². The molecule has 0 bridgehead atoms. The third kappa shape index (κ3) is 4.42. The lowest BCUT2D eigenvalue weighted by Crippen LogP contribution is -2.21. The van der Waals surface area contributed by atoms with Crippen LogP contribution in [0.4, 0.5) is 0 Å². The summed E-state index contributed by atoms with van der Waals surface area (Å²) in [5, 5.41) is 3.50. The lowest BCUT2D eigenvalue weighted by molar-refractivity contribution is 0.317. The predicted molar refractivity (Wildman–Crippen MR) is 81.1 cm³/mol. The molecule has 0 aliphatic heterocycles. The fraction of sp³-hybridized carbons (Fsp3) is 0.412. The van der Waals surface area contributed by atoms with Gasteiger partial charge >= 0.3 is 0 Å². The first-order valence-electron chi connectivity index (χ1n) is 7.28. The third-order valence-electron chi connectivity index (χ3n) is 3.25. The Balaban J connectivity index is 1.78. The summed E-state index contributed by atoms with van der Waals surface area (Å²) in [6, 6.07) is 12.6. The largest absolute Gasteiger partial charge is 0.494 e. The summed E-state index contributed by atoms with van der Waals surface area (Å²) in [7, 11) is 0. The second-order valence-electron chi connectivity index (χ2n) is 4.92. The van der Waals surface area contributed by atoms with E-state index in [1.54, 1.807) is 6.26 Å². The Morgan fingerprint density at radius 2 is 2.00 bits per heavy atom. The Morgan fingerprint density at radius 3 is 2.65 bits per heavy atom. The van der Waals surface area contributed by atoms with Gasteiger partial charge in [-0.1, -0.05) is 19.1 Å². The fourth-order valence-corrected chi connectivity index (χ4v) is 2.06. The minimum atomic E-state index is 0.324. The molecule has 20 heavy (non-hydrogen) atoms. The molecule has 1 aromatic carbocycles. The maximum atomic E-state index is 5.59. The minimum Gasteiger partial charge on any atom is -0.494 e. The van der Waals surface area contributed by atoms with Gasteiger partial charge in [0.25, 0.3) is 0 Å². The molecule has 1 atom stereocenters. The average molecular weight is 273 g/mol. The molecule has 2 rings (SSSR count). The first-order valence-corrected chi connectivity index (χ1v) is 7.28. The number of benzene rings is 1. The summed E-state index contributed by atoms with van der Waals surface area (Å²) < 4.78 is 10.9. The van der Waals surface area contributed by atoms with Gasteiger partial charge in [0.1, 0.15) is 11.5 Å². The molecule has 0 amide bonds. The van der Waals surface area contributed by atoms with Crippen LogP contribution in [0.15, 0.2) is 47.1 Å². The summed E-state index contributed by atoms with van der Waals surface area (Å²) in [5.74, 6) is 1.96. The minimum absolute atomic E-state index is 0.324. The Labute approximate surface area is 121 Å². The molecule has 1 heterocycles. The van der Waals surface area contributed by atoms with Gasteiger partial charge < -0.3 is 14.5 Å². The molecule has 0 saturated carbocycles. The van der Waals surface area contributed by atoms with Gasteiger partial charge in [-0.2, -0.15) is 0 Å². The summed E-state index contributed by atoms with van der Waals surface area (Å²) >= 11 is 0. The highest BCUT2D eigenvalue weighted by Crippen LogP contribution is 2.17. The summed E-state index contributed by atoms with van der Waals surface area (Å²) in [6.45, 7) is 5.96. The number of nitrogens with one attached hydrogen (secondary N) is 1. The molecule has 3 heteroatoms. The molecular formula is C17H23NO2. The summed E-state index contributed by atoms with van der Waals surface area (Å²) in [4.78, 5) is 0. The second-order valence-corrected chi connectivity index (χ2v) is 4.92. The van der Waals surface area contributed by atoms with Crippen molar-refractivity contribution in [3.8, 4) is 5.75 Å². The Hall–Kier alpha value is -1.74. The van der Waals surface area contributed by atoms with Crippen molar-refractivity contribution in [2.45, 2.75) is 32.7 Å². The van der Waals surface area contributed by atoms with Gasteiger partial charge in [0.05, 0.1) is 12.9 Å². The van der Waals surface area contributed by atoms with Crippen LogP contribution in [0.1, 0.15) is 37.6 Å². The smallest absolute Gasteiger partial charge is 0.119 e. The average Bonchev–Trinajstić information content (AvgIpc) is 2.99. The fourth-order valence-electron chi connectivity index (χ4n) is 2.06. The molecule has 3 nitrogen and oxygen atoms in total. The van der Waals surface area contributed by atoms with E-state index < -0.39 is 0 Å². The number of hydrogen-bond donors (Lipinski definition) is 1. The molecule has 0 aliphatic rings. The molecule has 0 spiro atoms. The maximum Gasteiger partial charge on any atom is 0.119 e. The van der Waals surface area contributed by atoms with E-state index in [9.17, 15) is 0 Å². The highest BCUT2D eigenvalue weighted by atomic mass is 16.5. The van der Waals surface area contributed by atoms with Crippen molar-refractivity contribution in [2.24, 2.45) is 0 Å². The zero-order valence-electron chi connectivity index (χ0n) is 12.3. The van der Waals surface area contributed by atoms with E-state index >= 15 is 0 Å². The van der Waals surface area contributed by atoms with Crippen LogP contribution < -0.4 is 10.1 Å². The van der Waals surface area contributed by atoms with E-state index in [0.717, 1.165) is 37.5 Å². The van der Waals surface area contributed by atoms with E-state index in [1.165, 1.54) is 5.56 Å². The van der Waals surface area contributed by atoms with Gasteiger partial charge in [-0.05, 0) is 43.2 Å². The van der Waals surface area contributed by atoms with Crippen molar-refractivity contribution in [3.63, 3.8) is 0 Å². The second kappa shape index (κ2) is 7.75. The van der Waals surface area contributed by atoms with Crippen molar-refractivity contribution in [1.82, 2.24) is 5.32 Å². The lowest BCUT2D eigenvalue weighted by Gasteiger charge is -2.14. The quantitative estimate of drug-likeness (QED) is 0.790. The molecule has 1 unspecified atom stereocenters. The van der Waals surface area contributed by atoms with E-state index in [-0.39, 0.29) is 0 Å². The molecule has 0 radical (unpaired) electrons. The Kier molecular flexibility index (Phi) is 5.69. The first kappa shape index (κ1) is 14.7. The summed E-state index contributed by atoms with van der Waals surface area (Å²) in [6.07, 6.45) is 3.66. The van der Waals surface area contributed by atoms with E-state index in [2.05, 4.69) is 31.3 Å². The zero-order chi connectivity index (χ0) is 14.2. The number of furan rings is 1. The predicted octanol–water partition coefficient (Wildman–Crippen LogP) is 3.96. The maximum absolute atomic E-state index is 5.59. The SMILES string of the molecule is CCCOc1ccc(C(C)NCCc2ccco2)cc1. The standard InChI is InChI=1S/C17H23NO2/c1-3-12-19-17-8-6-15(7-9-17)14(2)18-11-10-16-5-4-13-20-16/h4-9,13-14,18H,3,10-12H2,1-2H3. The van der Waals surface area contributed by atoms with E-state index in [4.69, 9.17) is 9.15 Å². The number of rotatable bonds is 8. The van der Waals surface area contributed by atoms with Crippen molar-refractivity contribution in [2.75, 3.05) is 13.2 Å². The van der Waals surface area contributed by atoms with Crippen LogP contribution >= 0.6 is 0 Å². The molecule has 0 aliphatic carbocycles.